The van der Waals surface area contributed by atoms with E-state index in [0.29, 0.717) is 117 Å². The van der Waals surface area contributed by atoms with Crippen LogP contribution in [0, 0.1) is 0 Å². The summed E-state index contributed by atoms with van der Waals surface area (Å²) in [7, 11) is 0. The third-order valence-electron chi connectivity index (χ3n) is 6.55. The zero-order valence-electron chi connectivity index (χ0n) is 25.4. The first-order chi connectivity index (χ1) is 21.0. The molecule has 3 rings (SSSR count). The van der Waals surface area contributed by atoms with Gasteiger partial charge in [0.05, 0.1) is 85.4 Å². The maximum Gasteiger partial charge on any atom is 0.213 e. The van der Waals surface area contributed by atoms with Gasteiger partial charge in [-0.25, -0.2) is 4.68 Å². The topological polar surface area (TPSA) is 145 Å². The lowest BCUT2D eigenvalue weighted by Crippen LogP contribution is -2.13. The number of carbonyl (C=O) groups excluding carboxylic acids is 2. The molecule has 0 amide bonds. The van der Waals surface area contributed by atoms with Crippen LogP contribution in [0.25, 0.3) is 0 Å². The molecule has 0 bridgehead atoms. The summed E-state index contributed by atoms with van der Waals surface area (Å²) in [4.78, 5) is 23.5. The van der Waals surface area contributed by atoms with Crippen molar-refractivity contribution in [1.29, 1.82) is 0 Å². The lowest BCUT2D eigenvalue weighted by atomic mass is 10.0. The Kier molecular flexibility index (Phi) is 16.1. The second-order valence-corrected chi connectivity index (χ2v) is 10.1. The number of carbonyl (C=O) groups is 2. The van der Waals surface area contributed by atoms with Gasteiger partial charge in [-0.05, 0) is 13.3 Å². The van der Waals surface area contributed by atoms with Gasteiger partial charge in [0, 0.05) is 37.0 Å². The number of hydrogen-bond donors (Lipinski definition) is 0. The van der Waals surface area contributed by atoms with Gasteiger partial charge in [-0.1, -0.05) is 36.4 Å². The normalized spacial score (nSPS) is 13.4. The Morgan fingerprint density at radius 2 is 1.33 bits per heavy atom. The molecule has 0 saturated heterocycles. The maximum atomic E-state index is 12.4. The molecule has 0 fully saturated rings. The number of ketones is 2. The average molecular weight is 604 g/mol. The molecule has 0 N–H and O–H groups in total. The SMILES string of the molecule is CCC(=O)CCOCCOCCOCCOCCOCc1cn(CCOCCCC(=O)c2ccc(C3(C)N=N3)cc2)nn1. The highest BCUT2D eigenvalue weighted by atomic mass is 16.6. The molecule has 0 aliphatic carbocycles. The highest BCUT2D eigenvalue weighted by Crippen LogP contribution is 2.38. The summed E-state index contributed by atoms with van der Waals surface area (Å²) in [5.74, 6) is 0.309. The molecule has 2 aromatic rings. The Morgan fingerprint density at radius 1 is 0.744 bits per heavy atom. The molecule has 0 atom stereocenters. The van der Waals surface area contributed by atoms with Gasteiger partial charge in [-0.2, -0.15) is 10.2 Å². The highest BCUT2D eigenvalue weighted by molar-refractivity contribution is 5.96. The van der Waals surface area contributed by atoms with Crippen LogP contribution in [0.5, 0.6) is 0 Å². The lowest BCUT2D eigenvalue weighted by Gasteiger charge is -2.07. The predicted octanol–water partition coefficient (Wildman–Crippen LogP) is 3.55. The van der Waals surface area contributed by atoms with E-state index in [4.69, 9.17) is 28.4 Å². The number of ether oxygens (including phenoxy) is 6. The summed E-state index contributed by atoms with van der Waals surface area (Å²) >= 11 is 0. The smallest absolute Gasteiger partial charge is 0.213 e. The highest BCUT2D eigenvalue weighted by Gasteiger charge is 2.35. The second kappa shape index (κ2) is 20.1. The Hall–Kier alpha value is -2.94. The molecule has 0 unspecified atom stereocenters. The van der Waals surface area contributed by atoms with Crippen LogP contribution < -0.4 is 0 Å². The molecule has 2 heterocycles. The number of rotatable bonds is 27. The lowest BCUT2D eigenvalue weighted by molar-refractivity contribution is -0.120. The molecule has 1 aromatic heterocycles. The number of Topliss-reactive ketones (excluding diaryl/α,β-unsaturated/α-hetero) is 2. The minimum atomic E-state index is -0.424. The first-order valence-electron chi connectivity index (χ1n) is 14.9. The maximum absolute atomic E-state index is 12.4. The third kappa shape index (κ3) is 14.4. The van der Waals surface area contributed by atoms with E-state index in [2.05, 4.69) is 20.5 Å². The van der Waals surface area contributed by atoms with Crippen LogP contribution in [0.4, 0.5) is 0 Å². The summed E-state index contributed by atoms with van der Waals surface area (Å²) in [6.07, 6.45) is 3.93. The Bertz CT molecular complexity index is 1100. The largest absolute Gasteiger partial charge is 0.380 e. The molecule has 43 heavy (non-hydrogen) atoms. The van der Waals surface area contributed by atoms with E-state index in [-0.39, 0.29) is 11.6 Å². The first-order valence-corrected chi connectivity index (χ1v) is 14.9. The van der Waals surface area contributed by atoms with Gasteiger partial charge in [-0.15, -0.1) is 5.10 Å². The van der Waals surface area contributed by atoms with E-state index in [1.807, 2.05) is 44.3 Å². The van der Waals surface area contributed by atoms with Crippen molar-refractivity contribution in [1.82, 2.24) is 15.0 Å². The summed E-state index contributed by atoms with van der Waals surface area (Å²) < 4.78 is 34.7. The molecule has 0 saturated carbocycles. The van der Waals surface area contributed by atoms with Crippen LogP contribution in [-0.4, -0.2) is 99.2 Å². The van der Waals surface area contributed by atoms with Gasteiger partial charge in [0.25, 0.3) is 0 Å². The predicted molar refractivity (Wildman–Crippen MR) is 156 cm³/mol. The van der Waals surface area contributed by atoms with Crippen molar-refractivity contribution in [2.45, 2.75) is 58.3 Å². The van der Waals surface area contributed by atoms with Crippen molar-refractivity contribution >= 4 is 11.6 Å². The summed E-state index contributed by atoms with van der Waals surface area (Å²) in [6.45, 7) is 9.92. The van der Waals surface area contributed by atoms with Crippen LogP contribution in [0.1, 0.15) is 61.1 Å². The Labute approximate surface area is 253 Å². The molecule has 1 aromatic carbocycles. The van der Waals surface area contributed by atoms with Crippen molar-refractivity contribution < 1.29 is 38.0 Å². The van der Waals surface area contributed by atoms with Gasteiger partial charge >= 0.3 is 0 Å². The average Bonchev–Trinajstić information content (AvgIpc) is 3.62. The molecular weight excluding hydrogens is 558 g/mol. The van der Waals surface area contributed by atoms with E-state index in [9.17, 15) is 9.59 Å². The van der Waals surface area contributed by atoms with Gasteiger partial charge in [-0.3, -0.25) is 9.59 Å². The molecule has 0 spiro atoms. The fourth-order valence-corrected chi connectivity index (χ4v) is 3.83. The van der Waals surface area contributed by atoms with Crippen molar-refractivity contribution in [3.8, 4) is 0 Å². The number of aromatic nitrogens is 3. The van der Waals surface area contributed by atoms with Crippen molar-refractivity contribution in [3.63, 3.8) is 0 Å². The van der Waals surface area contributed by atoms with Gasteiger partial charge in [0.15, 0.2) is 5.78 Å². The van der Waals surface area contributed by atoms with Crippen LogP contribution in [0.15, 0.2) is 40.7 Å². The second-order valence-electron chi connectivity index (χ2n) is 10.1. The number of hydrogen-bond acceptors (Lipinski definition) is 12. The van der Waals surface area contributed by atoms with Crippen LogP contribution >= 0.6 is 0 Å². The van der Waals surface area contributed by atoms with E-state index in [1.165, 1.54) is 0 Å². The molecule has 13 heteroatoms. The Morgan fingerprint density at radius 3 is 1.93 bits per heavy atom. The van der Waals surface area contributed by atoms with Gasteiger partial charge in [0.2, 0.25) is 5.66 Å². The van der Waals surface area contributed by atoms with Crippen LogP contribution in [0.3, 0.4) is 0 Å². The monoisotopic (exact) mass is 603 g/mol. The van der Waals surface area contributed by atoms with Crippen LogP contribution in [-0.2, 0) is 52.0 Å². The summed E-state index contributed by atoms with van der Waals surface area (Å²) in [5.41, 5.74) is 2.00. The third-order valence-corrected chi connectivity index (χ3v) is 6.55. The molecule has 13 nitrogen and oxygen atoms in total. The number of nitrogens with zero attached hydrogens (tertiary/aromatic N) is 5. The fraction of sp³-hybridized carbons (Fsp3) is 0.667. The fourth-order valence-electron chi connectivity index (χ4n) is 3.83. The first kappa shape index (κ1) is 34.5. The van der Waals surface area contributed by atoms with Crippen LogP contribution in [0.2, 0.25) is 0 Å². The van der Waals surface area contributed by atoms with Crippen molar-refractivity contribution in [3.05, 3.63) is 47.3 Å². The van der Waals surface area contributed by atoms with E-state index >= 15 is 0 Å². The van der Waals surface area contributed by atoms with Gasteiger partial charge < -0.3 is 28.4 Å². The van der Waals surface area contributed by atoms with E-state index < -0.39 is 5.66 Å². The van der Waals surface area contributed by atoms with E-state index in [1.54, 1.807) is 4.68 Å². The standard InChI is InChI=1S/C30H45N5O8/c1-3-28(36)10-13-39-15-16-40-17-18-41-19-20-42-21-22-43-24-27-23-35(34-31-27)11-14-38-12-4-5-29(37)25-6-8-26(9-7-25)30(2)32-33-30/h6-9,23H,3-5,10-22,24H2,1-2H3. The molecule has 0 radical (unpaired) electrons. The number of benzene rings is 1. The Balaban J connectivity index is 1.07. The zero-order chi connectivity index (χ0) is 30.6. The van der Waals surface area contributed by atoms with Crippen molar-refractivity contribution in [2.75, 3.05) is 72.7 Å². The minimum Gasteiger partial charge on any atom is -0.380 e. The molecule has 238 valence electrons. The summed E-state index contributed by atoms with van der Waals surface area (Å²) in [5, 5.41) is 16.2. The quantitative estimate of drug-likeness (QED) is 0.110. The van der Waals surface area contributed by atoms with Gasteiger partial charge in [0.1, 0.15) is 11.5 Å². The molecule has 1 aliphatic rings. The van der Waals surface area contributed by atoms with E-state index in [0.717, 1.165) is 11.3 Å². The zero-order valence-corrected chi connectivity index (χ0v) is 25.4. The molecular formula is C30H45N5O8. The minimum absolute atomic E-state index is 0.0998. The summed E-state index contributed by atoms with van der Waals surface area (Å²) in [6, 6.07) is 7.49. The van der Waals surface area contributed by atoms with Crippen molar-refractivity contribution in [2.24, 2.45) is 10.2 Å². The molecule has 1 aliphatic heterocycles.